The Morgan fingerprint density at radius 3 is 2.45 bits per heavy atom. The molecule has 0 aliphatic carbocycles. The number of nitrogens with zero attached hydrogens (tertiary/aromatic N) is 4. The van der Waals surface area contributed by atoms with Crippen molar-refractivity contribution in [3.05, 3.63) is 64.7 Å². The number of halogens is 1. The van der Waals surface area contributed by atoms with Crippen molar-refractivity contribution in [2.75, 3.05) is 46.2 Å². The van der Waals surface area contributed by atoms with Crippen LogP contribution in [-0.4, -0.2) is 89.1 Å². The van der Waals surface area contributed by atoms with Crippen LogP contribution in [0, 0.1) is 12.8 Å². The SMILES string of the molecule is COc1nc(-c2cccc(-c3cccc(NC(=O)C4CN(C)C(=O)N(C)C4=O)c3C)c2Cl)ccc1CN1CC(C)(O)C1. The molecule has 2 N–H and O–H groups in total. The van der Waals surface area contributed by atoms with Gasteiger partial charge in [0.15, 0.2) is 0 Å². The van der Waals surface area contributed by atoms with E-state index in [0.29, 0.717) is 41.9 Å². The van der Waals surface area contributed by atoms with Crippen molar-refractivity contribution in [3.8, 4) is 28.3 Å². The predicted octanol–water partition coefficient (Wildman–Crippen LogP) is 4.03. The first kappa shape index (κ1) is 29.5. The van der Waals surface area contributed by atoms with Crippen LogP contribution in [0.3, 0.4) is 0 Å². The highest BCUT2D eigenvalue weighted by molar-refractivity contribution is 6.36. The van der Waals surface area contributed by atoms with Gasteiger partial charge in [-0.15, -0.1) is 0 Å². The number of aromatic nitrogens is 1. The molecule has 2 aliphatic rings. The minimum Gasteiger partial charge on any atom is -0.481 e. The summed E-state index contributed by atoms with van der Waals surface area (Å²) in [4.78, 5) is 47.0. The van der Waals surface area contributed by atoms with Gasteiger partial charge in [-0.1, -0.05) is 48.0 Å². The second-order valence-corrected chi connectivity index (χ2v) is 11.6. The number of nitrogens with one attached hydrogen (secondary N) is 1. The third kappa shape index (κ3) is 5.57. The Labute approximate surface area is 249 Å². The van der Waals surface area contributed by atoms with Crippen LogP contribution in [0.5, 0.6) is 5.88 Å². The van der Waals surface area contributed by atoms with Crippen molar-refractivity contribution in [3.63, 3.8) is 0 Å². The number of methoxy groups -OCH3 is 1. The monoisotopic (exact) mass is 591 g/mol. The second kappa shape index (κ2) is 11.4. The number of benzene rings is 2. The van der Waals surface area contributed by atoms with Crippen molar-refractivity contribution >= 4 is 35.1 Å². The molecule has 2 saturated heterocycles. The van der Waals surface area contributed by atoms with Crippen LogP contribution in [-0.2, 0) is 16.1 Å². The fraction of sp³-hybridized carbons (Fsp3) is 0.355. The fourth-order valence-electron chi connectivity index (χ4n) is 5.62. The van der Waals surface area contributed by atoms with Gasteiger partial charge in [0.2, 0.25) is 17.7 Å². The average Bonchev–Trinajstić information content (AvgIpc) is 2.94. The van der Waals surface area contributed by atoms with Crippen LogP contribution < -0.4 is 10.1 Å². The summed E-state index contributed by atoms with van der Waals surface area (Å²) in [6.07, 6.45) is 0. The molecule has 0 bridgehead atoms. The number of anilines is 1. The topological polar surface area (TPSA) is 115 Å². The van der Waals surface area contributed by atoms with E-state index in [1.165, 1.54) is 11.9 Å². The predicted molar refractivity (Wildman–Crippen MR) is 160 cm³/mol. The molecule has 2 aliphatic heterocycles. The maximum Gasteiger partial charge on any atom is 0.326 e. The summed E-state index contributed by atoms with van der Waals surface area (Å²) in [5, 5.41) is 13.4. The number of carbonyl (C=O) groups is 3. The van der Waals surface area contributed by atoms with Crippen molar-refractivity contribution in [1.82, 2.24) is 19.7 Å². The summed E-state index contributed by atoms with van der Waals surface area (Å²) in [6, 6.07) is 14.6. The first-order valence-electron chi connectivity index (χ1n) is 13.6. The zero-order valence-corrected chi connectivity index (χ0v) is 25.0. The van der Waals surface area contributed by atoms with E-state index in [1.807, 2.05) is 56.3 Å². The third-order valence-electron chi connectivity index (χ3n) is 7.83. The summed E-state index contributed by atoms with van der Waals surface area (Å²) in [5.74, 6) is -1.53. The highest BCUT2D eigenvalue weighted by atomic mass is 35.5. The average molecular weight is 592 g/mol. The number of urea groups is 1. The largest absolute Gasteiger partial charge is 0.481 e. The number of amides is 4. The molecule has 2 fully saturated rings. The van der Waals surface area contributed by atoms with E-state index in [9.17, 15) is 19.5 Å². The highest BCUT2D eigenvalue weighted by Crippen LogP contribution is 2.39. The summed E-state index contributed by atoms with van der Waals surface area (Å²) < 4.78 is 5.60. The van der Waals surface area contributed by atoms with Gasteiger partial charge in [-0.3, -0.25) is 19.4 Å². The summed E-state index contributed by atoms with van der Waals surface area (Å²) in [6.45, 7) is 5.51. The lowest BCUT2D eigenvalue weighted by atomic mass is 9.95. The number of hydrogen-bond acceptors (Lipinski definition) is 7. The second-order valence-electron chi connectivity index (χ2n) is 11.3. The van der Waals surface area contributed by atoms with Crippen molar-refractivity contribution < 1.29 is 24.2 Å². The molecule has 3 heterocycles. The third-order valence-corrected chi connectivity index (χ3v) is 8.23. The number of rotatable bonds is 7. The number of pyridine rings is 1. The summed E-state index contributed by atoms with van der Waals surface area (Å²) in [7, 11) is 4.51. The molecule has 1 atom stereocenters. The summed E-state index contributed by atoms with van der Waals surface area (Å²) >= 11 is 6.99. The molecule has 0 spiro atoms. The Morgan fingerprint density at radius 2 is 1.76 bits per heavy atom. The zero-order valence-electron chi connectivity index (χ0n) is 24.3. The van der Waals surface area contributed by atoms with Gasteiger partial charge < -0.3 is 20.1 Å². The maximum absolute atomic E-state index is 13.1. The van der Waals surface area contributed by atoms with E-state index in [1.54, 1.807) is 20.2 Å². The molecule has 0 saturated carbocycles. The molecule has 3 aromatic rings. The van der Waals surface area contributed by atoms with Crippen LogP contribution >= 0.6 is 11.6 Å². The van der Waals surface area contributed by atoms with Crippen LogP contribution in [0.2, 0.25) is 5.02 Å². The zero-order chi connectivity index (χ0) is 30.3. The van der Waals surface area contributed by atoms with Gasteiger partial charge in [-0.05, 0) is 37.1 Å². The van der Waals surface area contributed by atoms with Crippen LogP contribution in [0.1, 0.15) is 18.1 Å². The normalized spacial score (nSPS) is 18.6. The number of hydrogen-bond donors (Lipinski definition) is 2. The molecule has 5 rings (SSSR count). The van der Waals surface area contributed by atoms with Gasteiger partial charge in [-0.2, -0.15) is 0 Å². The Morgan fingerprint density at radius 1 is 1.10 bits per heavy atom. The molecular weight excluding hydrogens is 558 g/mol. The van der Waals surface area contributed by atoms with E-state index in [2.05, 4.69) is 10.2 Å². The minimum atomic E-state index is -1.01. The number of carbonyl (C=O) groups excluding carboxylic acids is 3. The first-order chi connectivity index (χ1) is 19.9. The number of ether oxygens (including phenoxy) is 1. The van der Waals surface area contributed by atoms with E-state index in [0.717, 1.165) is 32.7 Å². The van der Waals surface area contributed by atoms with Crippen LogP contribution in [0.25, 0.3) is 22.4 Å². The van der Waals surface area contributed by atoms with Crippen LogP contribution in [0.15, 0.2) is 48.5 Å². The molecule has 4 amide bonds. The van der Waals surface area contributed by atoms with Gasteiger partial charge >= 0.3 is 6.03 Å². The maximum atomic E-state index is 13.1. The summed E-state index contributed by atoms with van der Waals surface area (Å²) in [5.41, 5.74) is 4.53. The molecule has 2 aromatic carbocycles. The molecule has 220 valence electrons. The van der Waals surface area contributed by atoms with Crippen LogP contribution in [0.4, 0.5) is 10.5 Å². The Bertz CT molecular complexity index is 1570. The molecule has 10 nitrogen and oxygen atoms in total. The lowest BCUT2D eigenvalue weighted by molar-refractivity contribution is -0.140. The quantitative estimate of drug-likeness (QED) is 0.399. The van der Waals surface area contributed by atoms with E-state index in [4.69, 9.17) is 21.3 Å². The molecule has 42 heavy (non-hydrogen) atoms. The van der Waals surface area contributed by atoms with E-state index >= 15 is 0 Å². The Balaban J connectivity index is 1.40. The van der Waals surface area contributed by atoms with Crippen molar-refractivity contribution in [2.45, 2.75) is 26.0 Å². The van der Waals surface area contributed by atoms with Gasteiger partial charge in [0, 0.05) is 62.7 Å². The minimum absolute atomic E-state index is 0.00848. The van der Waals surface area contributed by atoms with E-state index < -0.39 is 29.4 Å². The fourth-order valence-corrected chi connectivity index (χ4v) is 5.94. The Hall–Kier alpha value is -3.99. The molecule has 11 heteroatoms. The Kier molecular flexibility index (Phi) is 7.98. The number of likely N-dealkylation sites (tertiary alicyclic amines) is 1. The van der Waals surface area contributed by atoms with Gasteiger partial charge in [-0.25, -0.2) is 9.78 Å². The lowest BCUT2D eigenvalue weighted by Gasteiger charge is -2.44. The highest BCUT2D eigenvalue weighted by Gasteiger charge is 2.40. The van der Waals surface area contributed by atoms with Crippen molar-refractivity contribution in [2.24, 2.45) is 5.92 Å². The van der Waals surface area contributed by atoms with Gasteiger partial charge in [0.05, 0.1) is 23.4 Å². The molecular formula is C31H34ClN5O5. The van der Waals surface area contributed by atoms with Gasteiger partial charge in [0.25, 0.3) is 0 Å². The smallest absolute Gasteiger partial charge is 0.326 e. The molecule has 0 radical (unpaired) electrons. The number of β-amino-alcohol motifs (C(OH)–C–C–N with tert-alkyl or cyclic N) is 1. The van der Waals surface area contributed by atoms with Gasteiger partial charge in [0.1, 0.15) is 5.92 Å². The van der Waals surface area contributed by atoms with E-state index in [-0.39, 0.29) is 6.54 Å². The van der Waals surface area contributed by atoms with Crippen molar-refractivity contribution in [1.29, 1.82) is 0 Å². The standard InChI is InChI=1S/C31H34ClN5O5/c1-18-20(8-7-11-24(18)33-27(38)23-15-35(3)30(40)36(4)29(23)39)21-9-6-10-22(26(21)32)25-13-12-19(28(34-25)42-5)14-37-16-31(2,41)17-37/h6-13,23,41H,14-17H2,1-5H3,(H,33,38). The number of aliphatic hydroxyl groups is 1. The lowest BCUT2D eigenvalue weighted by Crippen LogP contribution is -2.59. The first-order valence-corrected chi connectivity index (χ1v) is 14.0. The molecule has 1 aromatic heterocycles. The molecule has 1 unspecified atom stereocenters. The number of imide groups is 1.